The summed E-state index contributed by atoms with van der Waals surface area (Å²) >= 11 is 5.56. The van der Waals surface area contributed by atoms with Gasteiger partial charge in [0.25, 0.3) is 5.91 Å². The first-order valence-corrected chi connectivity index (χ1v) is 5.01. The summed E-state index contributed by atoms with van der Waals surface area (Å²) in [5, 5.41) is 15.2. The van der Waals surface area contributed by atoms with Crippen molar-refractivity contribution in [3.8, 4) is 0 Å². The van der Waals surface area contributed by atoms with Crippen LogP contribution in [0.5, 0.6) is 0 Å². The normalized spacial score (nSPS) is 10.2. The van der Waals surface area contributed by atoms with Crippen molar-refractivity contribution >= 4 is 17.5 Å². The van der Waals surface area contributed by atoms with Crippen LogP contribution in [0.4, 0.5) is 4.39 Å². The van der Waals surface area contributed by atoms with E-state index in [1.807, 2.05) is 0 Å². The third kappa shape index (κ3) is 2.56. The summed E-state index contributed by atoms with van der Waals surface area (Å²) in [6.07, 6.45) is 0. The number of halogens is 2. The fraction of sp³-hybridized carbons (Fsp3) is 0.111. The number of nitrogens with zero attached hydrogens (tertiary/aromatic N) is 3. The van der Waals surface area contributed by atoms with Crippen LogP contribution in [0.2, 0.25) is 5.02 Å². The van der Waals surface area contributed by atoms with Crippen LogP contribution in [0.25, 0.3) is 0 Å². The zero-order chi connectivity index (χ0) is 12.3. The Morgan fingerprint density at radius 3 is 3.06 bits per heavy atom. The molecule has 1 aromatic heterocycles. The number of amides is 1. The Morgan fingerprint density at radius 1 is 1.53 bits per heavy atom. The van der Waals surface area contributed by atoms with E-state index in [9.17, 15) is 9.18 Å². The molecule has 0 spiro atoms. The largest absolute Gasteiger partial charge is 0.344 e. The summed E-state index contributed by atoms with van der Waals surface area (Å²) in [6.45, 7) is 0.0568. The van der Waals surface area contributed by atoms with Gasteiger partial charge in [-0.3, -0.25) is 4.79 Å². The van der Waals surface area contributed by atoms with Gasteiger partial charge in [-0.05, 0) is 12.1 Å². The van der Waals surface area contributed by atoms with Gasteiger partial charge in [0.05, 0.1) is 17.1 Å². The topological polar surface area (TPSA) is 83.6 Å². The highest BCUT2D eigenvalue weighted by Gasteiger charge is 2.14. The van der Waals surface area contributed by atoms with Crippen molar-refractivity contribution in [3.63, 3.8) is 0 Å². The van der Waals surface area contributed by atoms with E-state index in [1.54, 1.807) is 0 Å². The van der Waals surface area contributed by atoms with Crippen LogP contribution < -0.4 is 5.32 Å². The third-order valence-electron chi connectivity index (χ3n) is 1.99. The molecule has 0 unspecified atom stereocenters. The molecule has 6 nitrogen and oxygen atoms in total. The minimum Gasteiger partial charge on any atom is -0.344 e. The quantitative estimate of drug-likeness (QED) is 0.854. The summed E-state index contributed by atoms with van der Waals surface area (Å²) in [5.74, 6) is -1.03. The standard InChI is InChI=1S/C9H7ClFN5O/c10-6-3-1-2-5(8(6)11)9(17)12-4-7-13-15-16-14-7/h1-3H,4H2,(H,12,17)(H,13,14,15,16). The molecule has 0 saturated carbocycles. The Bertz CT molecular complexity index is 530. The number of hydrogen-bond acceptors (Lipinski definition) is 4. The van der Waals surface area contributed by atoms with E-state index < -0.39 is 11.7 Å². The number of carbonyl (C=O) groups is 1. The third-order valence-corrected chi connectivity index (χ3v) is 2.28. The van der Waals surface area contributed by atoms with Crippen molar-refractivity contribution in [1.82, 2.24) is 25.9 Å². The van der Waals surface area contributed by atoms with Gasteiger partial charge in [0.15, 0.2) is 11.6 Å². The molecule has 0 radical (unpaired) electrons. The maximum Gasteiger partial charge on any atom is 0.254 e. The number of carbonyl (C=O) groups excluding carboxylic acids is 1. The summed E-state index contributed by atoms with van der Waals surface area (Å²) in [4.78, 5) is 11.6. The molecule has 2 aromatic rings. The van der Waals surface area contributed by atoms with Crippen molar-refractivity contribution in [2.45, 2.75) is 6.54 Å². The Labute approximate surface area is 100 Å². The lowest BCUT2D eigenvalue weighted by Crippen LogP contribution is -2.24. The van der Waals surface area contributed by atoms with Gasteiger partial charge >= 0.3 is 0 Å². The predicted molar refractivity (Wildman–Crippen MR) is 56.8 cm³/mol. The molecule has 0 atom stereocenters. The van der Waals surface area contributed by atoms with Crippen molar-refractivity contribution in [2.75, 3.05) is 0 Å². The minimum absolute atomic E-state index is 0.0568. The molecule has 0 aliphatic heterocycles. The molecule has 2 rings (SSSR count). The van der Waals surface area contributed by atoms with E-state index in [4.69, 9.17) is 11.6 Å². The Balaban J connectivity index is 2.07. The number of aromatic amines is 1. The van der Waals surface area contributed by atoms with Gasteiger partial charge in [0, 0.05) is 0 Å². The first-order chi connectivity index (χ1) is 8.18. The first-order valence-electron chi connectivity index (χ1n) is 4.63. The van der Waals surface area contributed by atoms with Gasteiger partial charge < -0.3 is 5.32 Å². The number of rotatable bonds is 3. The highest BCUT2D eigenvalue weighted by molar-refractivity contribution is 6.31. The molecular weight excluding hydrogens is 249 g/mol. The number of H-pyrrole nitrogens is 1. The zero-order valence-corrected chi connectivity index (χ0v) is 9.20. The molecule has 0 fully saturated rings. The SMILES string of the molecule is O=C(NCc1nn[nH]n1)c1cccc(Cl)c1F. The summed E-state index contributed by atoms with van der Waals surface area (Å²) in [5.41, 5.74) is -0.124. The Hall–Kier alpha value is -2.02. The summed E-state index contributed by atoms with van der Waals surface area (Å²) in [6, 6.07) is 4.20. The van der Waals surface area contributed by atoms with Crippen LogP contribution in [0.15, 0.2) is 18.2 Å². The number of nitrogens with one attached hydrogen (secondary N) is 2. The van der Waals surface area contributed by atoms with E-state index in [1.165, 1.54) is 18.2 Å². The van der Waals surface area contributed by atoms with Crippen LogP contribution in [0.1, 0.15) is 16.2 Å². The second kappa shape index (κ2) is 4.88. The Kier molecular flexibility index (Phi) is 3.29. The predicted octanol–water partition coefficient (Wildman–Crippen LogP) is 0.922. The maximum atomic E-state index is 13.5. The van der Waals surface area contributed by atoms with E-state index in [0.29, 0.717) is 5.82 Å². The van der Waals surface area contributed by atoms with Gasteiger partial charge in [-0.2, -0.15) is 5.21 Å². The molecule has 0 bridgehead atoms. The molecule has 1 heterocycles. The second-order valence-corrected chi connectivity index (χ2v) is 3.52. The van der Waals surface area contributed by atoms with Gasteiger partial charge in [0.1, 0.15) is 0 Å². The van der Waals surface area contributed by atoms with Crippen LogP contribution in [-0.2, 0) is 6.54 Å². The van der Waals surface area contributed by atoms with Crippen LogP contribution in [0, 0.1) is 5.82 Å². The monoisotopic (exact) mass is 255 g/mol. The van der Waals surface area contributed by atoms with Crippen LogP contribution in [-0.4, -0.2) is 26.5 Å². The smallest absolute Gasteiger partial charge is 0.254 e. The fourth-order valence-corrected chi connectivity index (χ4v) is 1.37. The summed E-state index contributed by atoms with van der Waals surface area (Å²) in [7, 11) is 0. The van der Waals surface area contributed by atoms with Gasteiger partial charge in [-0.1, -0.05) is 22.9 Å². The van der Waals surface area contributed by atoms with Gasteiger partial charge in [0.2, 0.25) is 0 Å². The Morgan fingerprint density at radius 2 is 2.35 bits per heavy atom. The molecule has 1 amide bonds. The lowest BCUT2D eigenvalue weighted by molar-refractivity contribution is 0.0946. The van der Waals surface area contributed by atoms with Gasteiger partial charge in [-0.25, -0.2) is 4.39 Å². The molecule has 1 aromatic carbocycles. The molecule has 2 N–H and O–H groups in total. The minimum atomic E-state index is -0.750. The summed E-state index contributed by atoms with van der Waals surface area (Å²) < 4.78 is 13.5. The fourth-order valence-electron chi connectivity index (χ4n) is 1.19. The second-order valence-electron chi connectivity index (χ2n) is 3.11. The molecular formula is C9H7ClFN5O. The number of benzene rings is 1. The molecule has 0 saturated heterocycles. The molecule has 8 heteroatoms. The number of hydrogen-bond donors (Lipinski definition) is 2. The highest BCUT2D eigenvalue weighted by Crippen LogP contribution is 2.17. The molecule has 0 aliphatic rings. The van der Waals surface area contributed by atoms with E-state index in [0.717, 1.165) is 0 Å². The number of aromatic nitrogens is 4. The van der Waals surface area contributed by atoms with E-state index >= 15 is 0 Å². The molecule has 17 heavy (non-hydrogen) atoms. The van der Waals surface area contributed by atoms with Crippen molar-refractivity contribution in [1.29, 1.82) is 0 Å². The van der Waals surface area contributed by atoms with Crippen LogP contribution in [0.3, 0.4) is 0 Å². The lowest BCUT2D eigenvalue weighted by Gasteiger charge is -2.04. The highest BCUT2D eigenvalue weighted by atomic mass is 35.5. The zero-order valence-electron chi connectivity index (χ0n) is 8.44. The maximum absolute atomic E-state index is 13.5. The van der Waals surface area contributed by atoms with E-state index in [2.05, 4.69) is 25.9 Å². The molecule has 0 aliphatic carbocycles. The van der Waals surface area contributed by atoms with Crippen molar-refractivity contribution < 1.29 is 9.18 Å². The lowest BCUT2D eigenvalue weighted by atomic mass is 10.2. The van der Waals surface area contributed by atoms with E-state index in [-0.39, 0.29) is 17.1 Å². The average molecular weight is 256 g/mol. The van der Waals surface area contributed by atoms with Crippen molar-refractivity contribution in [2.24, 2.45) is 0 Å². The average Bonchev–Trinajstić information content (AvgIpc) is 2.82. The van der Waals surface area contributed by atoms with Crippen molar-refractivity contribution in [3.05, 3.63) is 40.4 Å². The molecule has 88 valence electrons. The first kappa shape index (κ1) is 11.5. The van der Waals surface area contributed by atoms with Gasteiger partial charge in [-0.15, -0.1) is 10.2 Å². The number of tetrazole rings is 1. The van der Waals surface area contributed by atoms with Crippen LogP contribution >= 0.6 is 11.6 Å².